The Balaban J connectivity index is 4.52. The highest BCUT2D eigenvalue weighted by atomic mass is 19.1. The molecule has 0 aromatic rings. The predicted octanol–water partition coefficient (Wildman–Crippen LogP) is -0.410. The zero-order chi connectivity index (χ0) is 8.20. The van der Waals surface area contributed by atoms with Crippen LogP contribution in [0.2, 0.25) is 0 Å². The Labute approximate surface area is 56.2 Å². The molecule has 0 saturated carbocycles. The highest BCUT2D eigenvalue weighted by molar-refractivity contribution is 6.00. The van der Waals surface area contributed by atoms with E-state index in [0.717, 1.165) is 13.2 Å². The fourth-order valence-corrected chi connectivity index (χ4v) is 0.269. The van der Waals surface area contributed by atoms with Gasteiger partial charge in [-0.05, 0) is 0 Å². The molecule has 0 amide bonds. The van der Waals surface area contributed by atoms with Gasteiger partial charge in [0.05, 0.1) is 7.11 Å². The maximum Gasteiger partial charge on any atom is 0.366 e. The summed E-state index contributed by atoms with van der Waals surface area (Å²) >= 11 is 0. The number of aldehydes is 1. The number of ether oxygens (including phenoxy) is 1. The van der Waals surface area contributed by atoms with Crippen molar-refractivity contribution in [3.8, 4) is 6.07 Å². The minimum absolute atomic E-state index is 0.404. The number of halogens is 1. The summed E-state index contributed by atoms with van der Waals surface area (Å²) in [6, 6.07) is 0.870. The van der Waals surface area contributed by atoms with Gasteiger partial charge in [0.15, 0.2) is 6.29 Å². The largest absolute Gasteiger partial charge is 0.465 e. The van der Waals surface area contributed by atoms with Crippen LogP contribution in [-0.4, -0.2) is 25.0 Å². The van der Waals surface area contributed by atoms with Gasteiger partial charge in [-0.25, -0.2) is 9.18 Å². The van der Waals surface area contributed by atoms with Gasteiger partial charge in [0, 0.05) is 0 Å². The van der Waals surface area contributed by atoms with Crippen molar-refractivity contribution in [1.82, 2.24) is 0 Å². The van der Waals surface area contributed by atoms with E-state index in [1.54, 1.807) is 0 Å². The van der Waals surface area contributed by atoms with Gasteiger partial charge in [-0.15, -0.1) is 0 Å². The van der Waals surface area contributed by atoms with Crippen LogP contribution in [0.15, 0.2) is 0 Å². The Morgan fingerprint density at radius 2 is 2.40 bits per heavy atom. The van der Waals surface area contributed by atoms with Crippen LogP contribution in [0.1, 0.15) is 0 Å². The molecule has 0 bridgehead atoms. The van der Waals surface area contributed by atoms with Gasteiger partial charge in [-0.2, -0.15) is 5.26 Å². The first kappa shape index (κ1) is 8.56. The molecule has 0 radical (unpaired) electrons. The van der Waals surface area contributed by atoms with Crippen molar-refractivity contribution < 1.29 is 18.7 Å². The molecule has 0 aliphatic carbocycles. The normalized spacial score (nSPS) is 14.5. The maximum absolute atomic E-state index is 12.4. The molecule has 0 aliphatic rings. The van der Waals surface area contributed by atoms with Crippen molar-refractivity contribution >= 4 is 12.3 Å². The summed E-state index contributed by atoms with van der Waals surface area (Å²) in [5, 5.41) is 7.93. The summed E-state index contributed by atoms with van der Waals surface area (Å²) in [6.07, 6.45) is -0.404. The molecule has 4 nitrogen and oxygen atoms in total. The third kappa shape index (κ3) is 1.29. The van der Waals surface area contributed by atoms with Gasteiger partial charge in [0.2, 0.25) is 0 Å². The number of nitrogens with zero attached hydrogens (tertiary/aromatic N) is 1. The molecule has 0 aromatic carbocycles. The fraction of sp³-hybridized carbons (Fsp3) is 0.400. The summed E-state index contributed by atoms with van der Waals surface area (Å²) in [4.78, 5) is 20.0. The minimum Gasteiger partial charge on any atom is -0.465 e. The van der Waals surface area contributed by atoms with Crippen LogP contribution in [0.25, 0.3) is 0 Å². The highest BCUT2D eigenvalue weighted by Crippen LogP contribution is 2.07. The molecule has 5 heteroatoms. The average Bonchev–Trinajstić information content (AvgIpc) is 2.01. The second-order valence-corrected chi connectivity index (χ2v) is 1.43. The quantitative estimate of drug-likeness (QED) is 0.301. The molecule has 1 unspecified atom stereocenters. The van der Waals surface area contributed by atoms with Gasteiger partial charge >= 0.3 is 11.6 Å². The number of nitriles is 1. The van der Waals surface area contributed by atoms with Crippen LogP contribution >= 0.6 is 0 Å². The second-order valence-electron chi connectivity index (χ2n) is 1.43. The maximum atomic E-state index is 12.4. The molecule has 10 heavy (non-hydrogen) atoms. The lowest BCUT2D eigenvalue weighted by Crippen LogP contribution is -2.34. The molecular formula is C5H4FNO3. The van der Waals surface area contributed by atoms with E-state index in [-0.39, 0.29) is 0 Å². The first-order valence-electron chi connectivity index (χ1n) is 2.25. The fourth-order valence-electron chi connectivity index (χ4n) is 0.269. The summed E-state index contributed by atoms with van der Waals surface area (Å²) in [5.41, 5.74) is -3.14. The molecule has 0 spiro atoms. The van der Waals surface area contributed by atoms with Crippen LogP contribution in [0, 0.1) is 11.3 Å². The van der Waals surface area contributed by atoms with Crippen LogP contribution < -0.4 is 0 Å². The monoisotopic (exact) mass is 145 g/mol. The Hall–Kier alpha value is -1.44. The standard InChI is InChI=1S/C5H4FNO3/c1-10-4(9)5(6,2-7)3-8/h3H,1H3. The lowest BCUT2D eigenvalue weighted by Gasteiger charge is -2.04. The minimum atomic E-state index is -3.14. The Kier molecular flexibility index (Phi) is 2.50. The zero-order valence-corrected chi connectivity index (χ0v) is 5.13. The Morgan fingerprint density at radius 3 is 2.50 bits per heavy atom. The van der Waals surface area contributed by atoms with E-state index in [4.69, 9.17) is 5.26 Å². The average molecular weight is 145 g/mol. The van der Waals surface area contributed by atoms with E-state index >= 15 is 0 Å². The third-order valence-corrected chi connectivity index (χ3v) is 0.808. The van der Waals surface area contributed by atoms with Crippen molar-refractivity contribution in [3.63, 3.8) is 0 Å². The first-order valence-corrected chi connectivity index (χ1v) is 2.25. The zero-order valence-electron chi connectivity index (χ0n) is 5.13. The number of carbonyl (C=O) groups excluding carboxylic acids is 2. The molecule has 0 fully saturated rings. The van der Waals surface area contributed by atoms with Crippen LogP contribution in [0.5, 0.6) is 0 Å². The Bertz CT molecular complexity index is 198. The van der Waals surface area contributed by atoms with Crippen molar-refractivity contribution in [3.05, 3.63) is 0 Å². The number of esters is 1. The van der Waals surface area contributed by atoms with E-state index in [9.17, 15) is 14.0 Å². The molecule has 0 rings (SSSR count). The number of alkyl halides is 1. The Morgan fingerprint density at radius 1 is 1.90 bits per heavy atom. The van der Waals surface area contributed by atoms with E-state index in [1.165, 1.54) is 0 Å². The number of rotatable bonds is 2. The number of methoxy groups -OCH3 is 1. The van der Waals surface area contributed by atoms with Gasteiger partial charge < -0.3 is 4.74 Å². The summed E-state index contributed by atoms with van der Waals surface area (Å²) in [6.45, 7) is 0. The lowest BCUT2D eigenvalue weighted by molar-refractivity contribution is -0.152. The molecule has 0 N–H and O–H groups in total. The molecule has 0 heterocycles. The molecular weight excluding hydrogens is 141 g/mol. The smallest absolute Gasteiger partial charge is 0.366 e. The van der Waals surface area contributed by atoms with Gasteiger partial charge in [0.25, 0.3) is 0 Å². The van der Waals surface area contributed by atoms with Crippen molar-refractivity contribution in [2.45, 2.75) is 5.67 Å². The van der Waals surface area contributed by atoms with Crippen LogP contribution in [-0.2, 0) is 14.3 Å². The molecule has 0 saturated heterocycles. The second kappa shape index (κ2) is 2.92. The van der Waals surface area contributed by atoms with Crippen molar-refractivity contribution in [1.29, 1.82) is 5.26 Å². The topological polar surface area (TPSA) is 67.2 Å². The van der Waals surface area contributed by atoms with Crippen molar-refractivity contribution in [2.75, 3.05) is 7.11 Å². The summed E-state index contributed by atoms with van der Waals surface area (Å²) in [7, 11) is 0.886. The molecule has 0 aromatic heterocycles. The van der Waals surface area contributed by atoms with Gasteiger partial charge in [-0.1, -0.05) is 0 Å². The third-order valence-electron chi connectivity index (χ3n) is 0.808. The van der Waals surface area contributed by atoms with Crippen LogP contribution in [0.3, 0.4) is 0 Å². The lowest BCUT2D eigenvalue weighted by atomic mass is 10.1. The van der Waals surface area contributed by atoms with Crippen LogP contribution in [0.4, 0.5) is 4.39 Å². The van der Waals surface area contributed by atoms with Gasteiger partial charge in [-0.3, -0.25) is 4.79 Å². The van der Waals surface area contributed by atoms with E-state index in [2.05, 4.69) is 4.74 Å². The van der Waals surface area contributed by atoms with Gasteiger partial charge in [0.1, 0.15) is 6.07 Å². The molecule has 1 atom stereocenters. The SMILES string of the molecule is COC(=O)C(F)(C#N)C=O. The number of hydrogen-bond acceptors (Lipinski definition) is 4. The van der Waals surface area contributed by atoms with Crippen molar-refractivity contribution in [2.24, 2.45) is 0 Å². The summed E-state index contributed by atoms with van der Waals surface area (Å²) in [5.74, 6) is -1.50. The van der Waals surface area contributed by atoms with E-state index in [1.807, 2.05) is 0 Å². The first-order chi connectivity index (χ1) is 4.60. The molecule has 54 valence electrons. The van der Waals surface area contributed by atoms with E-state index < -0.39 is 17.9 Å². The molecule has 0 aliphatic heterocycles. The summed E-state index contributed by atoms with van der Waals surface area (Å²) < 4.78 is 16.3. The van der Waals surface area contributed by atoms with E-state index in [0.29, 0.717) is 0 Å². The highest BCUT2D eigenvalue weighted by Gasteiger charge is 2.40. The predicted molar refractivity (Wildman–Crippen MR) is 27.5 cm³/mol. The number of carbonyl (C=O) groups is 2. The number of hydrogen-bond donors (Lipinski definition) is 0.